The third kappa shape index (κ3) is 4.64. The molecule has 0 spiro atoms. The molecule has 33 heavy (non-hydrogen) atoms. The second kappa shape index (κ2) is 9.35. The van der Waals surface area contributed by atoms with Gasteiger partial charge in [-0.05, 0) is 36.6 Å². The summed E-state index contributed by atoms with van der Waals surface area (Å²) < 4.78 is 25.5. The van der Waals surface area contributed by atoms with Gasteiger partial charge in [-0.3, -0.25) is 14.6 Å². The highest BCUT2D eigenvalue weighted by Gasteiger charge is 2.41. The Morgan fingerprint density at radius 2 is 1.79 bits per heavy atom. The Labute approximate surface area is 192 Å². The molecule has 1 radical (unpaired) electrons. The Hall–Kier alpha value is -3.20. The third-order valence-corrected chi connectivity index (χ3v) is 7.98. The number of nitrogens with two attached hydrogens (primary N) is 1. The lowest BCUT2D eigenvalue weighted by molar-refractivity contribution is -0.118. The number of primary amides is 1. The molecule has 0 bridgehead atoms. The van der Waals surface area contributed by atoms with Crippen molar-refractivity contribution in [3.63, 3.8) is 0 Å². The molecule has 173 valence electrons. The van der Waals surface area contributed by atoms with Crippen molar-refractivity contribution in [3.05, 3.63) is 71.4 Å². The Balaban J connectivity index is 1.60. The number of nitrogens with one attached hydrogen (secondary N) is 2. The van der Waals surface area contributed by atoms with Crippen LogP contribution in [0.25, 0.3) is 10.9 Å². The van der Waals surface area contributed by atoms with E-state index in [1.54, 1.807) is 12.4 Å². The molecule has 0 saturated heterocycles. The maximum absolute atomic E-state index is 13.2. The second-order valence-corrected chi connectivity index (χ2v) is 10.4. The summed E-state index contributed by atoms with van der Waals surface area (Å²) in [5, 5.41) is 1.49. The van der Waals surface area contributed by atoms with Gasteiger partial charge >= 0.3 is 5.24 Å². The number of para-hydroxylation sites is 1. The molecule has 4 N–H and O–H groups in total. The van der Waals surface area contributed by atoms with Crippen LogP contribution in [0.1, 0.15) is 43.4 Å². The summed E-state index contributed by atoms with van der Waals surface area (Å²) in [6, 6.07) is 13.0. The number of aromatic amines is 1. The topological polar surface area (TPSA) is 135 Å². The summed E-state index contributed by atoms with van der Waals surface area (Å²) in [6.45, 7) is 0.231. The molecule has 1 aromatic carbocycles. The summed E-state index contributed by atoms with van der Waals surface area (Å²) in [7, 11) is -4.61. The van der Waals surface area contributed by atoms with Gasteiger partial charge in [0.15, 0.2) is 5.25 Å². The molecule has 3 aromatic rings. The fraction of sp³-hybridized carbons (Fsp3) is 0.333. The number of aromatic nitrogens is 2. The van der Waals surface area contributed by atoms with Crippen molar-refractivity contribution in [2.75, 3.05) is 6.54 Å². The molecule has 2 heterocycles. The van der Waals surface area contributed by atoms with E-state index in [-0.39, 0.29) is 18.4 Å². The monoisotopic (exact) mass is 467 g/mol. The summed E-state index contributed by atoms with van der Waals surface area (Å²) in [6.07, 6.45) is 7.91. The van der Waals surface area contributed by atoms with Crippen molar-refractivity contribution in [3.8, 4) is 0 Å². The number of H-pyrrole nitrogens is 1. The number of fused-ring (bicyclic) bond motifs is 1. The van der Waals surface area contributed by atoms with E-state index >= 15 is 0 Å². The predicted octanol–water partition coefficient (Wildman–Crippen LogP) is 3.15. The highest BCUT2D eigenvalue weighted by atomic mass is 32.2. The first-order chi connectivity index (χ1) is 15.8. The van der Waals surface area contributed by atoms with Gasteiger partial charge in [0.05, 0.1) is 0 Å². The molecule has 1 aliphatic carbocycles. The lowest BCUT2D eigenvalue weighted by Gasteiger charge is -2.37. The van der Waals surface area contributed by atoms with E-state index in [1.807, 2.05) is 42.5 Å². The van der Waals surface area contributed by atoms with Crippen LogP contribution in [-0.4, -0.2) is 36.1 Å². The lowest BCUT2D eigenvalue weighted by atomic mass is 9.71. The molecule has 1 aliphatic rings. The van der Waals surface area contributed by atoms with Gasteiger partial charge in [0.25, 0.3) is 0 Å². The fourth-order valence-corrected chi connectivity index (χ4v) is 5.55. The maximum atomic E-state index is 13.2. The lowest BCUT2D eigenvalue weighted by Crippen LogP contribution is -2.46. The zero-order valence-electron chi connectivity index (χ0n) is 18.2. The van der Waals surface area contributed by atoms with Crippen molar-refractivity contribution < 1.29 is 18.0 Å². The number of hydrogen-bond donors (Lipinski definition) is 3. The van der Waals surface area contributed by atoms with Crippen LogP contribution < -0.4 is 11.1 Å². The fourth-order valence-electron chi connectivity index (χ4n) is 4.65. The summed E-state index contributed by atoms with van der Waals surface area (Å²) >= 11 is 0. The number of amides is 2. The number of carbonyl (C=O) groups excluding carboxylic acids is 2. The molecular formula is C24H27N4O4S. The van der Waals surface area contributed by atoms with E-state index in [4.69, 9.17) is 5.73 Å². The highest BCUT2D eigenvalue weighted by molar-refractivity contribution is 8.09. The van der Waals surface area contributed by atoms with Gasteiger partial charge in [0, 0.05) is 47.4 Å². The molecule has 2 aromatic heterocycles. The molecule has 1 fully saturated rings. The Morgan fingerprint density at radius 3 is 2.48 bits per heavy atom. The normalized spacial score (nSPS) is 16.0. The number of nitrogens with zero attached hydrogens (tertiary/aromatic N) is 1. The van der Waals surface area contributed by atoms with Crippen LogP contribution in [0.5, 0.6) is 0 Å². The average molecular weight is 468 g/mol. The minimum Gasteiger partial charge on any atom is -0.361 e. The number of rotatable bonds is 7. The number of hydrogen-bond acceptors (Lipinski definition) is 5. The smallest absolute Gasteiger partial charge is 0.335 e. The van der Waals surface area contributed by atoms with Crippen molar-refractivity contribution in [2.45, 2.75) is 43.9 Å². The zero-order chi connectivity index (χ0) is 23.5. The van der Waals surface area contributed by atoms with Crippen LogP contribution in [0.3, 0.4) is 0 Å². The van der Waals surface area contributed by atoms with Crippen LogP contribution in [0.15, 0.2) is 54.9 Å². The van der Waals surface area contributed by atoms with E-state index in [1.165, 1.54) is 0 Å². The molecule has 8 nitrogen and oxygen atoms in total. The van der Waals surface area contributed by atoms with Gasteiger partial charge in [-0.25, -0.2) is 8.42 Å². The van der Waals surface area contributed by atoms with Crippen LogP contribution in [0.4, 0.5) is 4.79 Å². The first-order valence-electron chi connectivity index (χ1n) is 11.0. The Kier molecular flexibility index (Phi) is 6.51. The van der Waals surface area contributed by atoms with Crippen LogP contribution in [-0.2, 0) is 26.5 Å². The zero-order valence-corrected chi connectivity index (χ0v) is 19.0. The van der Waals surface area contributed by atoms with Crippen molar-refractivity contribution in [1.82, 2.24) is 15.3 Å². The molecule has 1 saturated carbocycles. The SMILES string of the molecule is NC(=O)S(=O)(=O)[C](Cc1c[nH]c2ccccc12)C(=O)NCC1(c2ccccn2)CCCCC1. The minimum atomic E-state index is -4.61. The number of benzene rings is 1. The summed E-state index contributed by atoms with van der Waals surface area (Å²) in [5.74, 6) is -0.806. The van der Waals surface area contributed by atoms with Gasteiger partial charge in [0.1, 0.15) is 0 Å². The van der Waals surface area contributed by atoms with Gasteiger partial charge in [-0.1, -0.05) is 43.5 Å². The Bertz CT molecular complexity index is 1250. The average Bonchev–Trinajstić information content (AvgIpc) is 3.25. The first-order valence-corrected chi connectivity index (χ1v) is 12.5. The van der Waals surface area contributed by atoms with Crippen molar-refractivity contribution in [2.24, 2.45) is 5.73 Å². The summed E-state index contributed by atoms with van der Waals surface area (Å²) in [4.78, 5) is 32.5. The van der Waals surface area contributed by atoms with Gasteiger partial charge in [0.2, 0.25) is 15.7 Å². The van der Waals surface area contributed by atoms with Crippen molar-refractivity contribution in [1.29, 1.82) is 0 Å². The molecule has 2 amide bonds. The Morgan fingerprint density at radius 1 is 1.06 bits per heavy atom. The van der Waals surface area contributed by atoms with E-state index in [0.717, 1.165) is 48.7 Å². The molecule has 9 heteroatoms. The van der Waals surface area contributed by atoms with Gasteiger partial charge < -0.3 is 16.0 Å². The molecule has 0 unspecified atom stereocenters. The summed E-state index contributed by atoms with van der Waals surface area (Å²) in [5.41, 5.74) is 7.06. The quantitative estimate of drug-likeness (QED) is 0.491. The number of carbonyl (C=O) groups is 2. The number of sulfone groups is 1. The second-order valence-electron chi connectivity index (χ2n) is 8.52. The minimum absolute atomic E-state index is 0.231. The highest BCUT2D eigenvalue weighted by Crippen LogP contribution is 2.38. The van der Waals surface area contributed by atoms with Crippen LogP contribution >= 0.6 is 0 Å². The van der Waals surface area contributed by atoms with E-state index in [0.29, 0.717) is 5.56 Å². The molecule has 4 rings (SSSR count). The largest absolute Gasteiger partial charge is 0.361 e. The first kappa shape index (κ1) is 23.0. The third-order valence-electron chi connectivity index (χ3n) is 6.47. The molecule has 0 aliphatic heterocycles. The van der Waals surface area contributed by atoms with Gasteiger partial charge in [-0.15, -0.1) is 0 Å². The predicted molar refractivity (Wildman–Crippen MR) is 126 cm³/mol. The van der Waals surface area contributed by atoms with Gasteiger partial charge in [-0.2, -0.15) is 0 Å². The van der Waals surface area contributed by atoms with E-state index in [2.05, 4.69) is 15.3 Å². The maximum Gasteiger partial charge on any atom is 0.335 e. The van der Waals surface area contributed by atoms with E-state index < -0.39 is 26.2 Å². The van der Waals surface area contributed by atoms with Crippen molar-refractivity contribution >= 4 is 31.9 Å². The standard InChI is InChI=1S/C24H27N4O4S/c25-23(30)33(31,32)20(14-17-15-27-19-9-3-2-8-18(17)19)22(29)28-16-24(11-5-1-6-12-24)21-10-4-7-13-26-21/h2-4,7-10,13,15,27H,1,5-6,11-12,14,16H2,(H2,25,30)(H,28,29). The van der Waals surface area contributed by atoms with Crippen LogP contribution in [0, 0.1) is 5.25 Å². The van der Waals surface area contributed by atoms with E-state index in [9.17, 15) is 18.0 Å². The number of pyridine rings is 1. The molecular weight excluding hydrogens is 440 g/mol. The molecule has 0 atom stereocenters. The van der Waals surface area contributed by atoms with Crippen LogP contribution in [0.2, 0.25) is 0 Å².